The van der Waals surface area contributed by atoms with Crippen LogP contribution in [0.5, 0.6) is 5.75 Å². The van der Waals surface area contributed by atoms with E-state index in [4.69, 9.17) is 9.97 Å². The summed E-state index contributed by atoms with van der Waals surface area (Å²) < 4.78 is 0. The molecule has 2 aliphatic carbocycles. The van der Waals surface area contributed by atoms with Crippen molar-refractivity contribution in [1.82, 2.24) is 30.0 Å². The molecular weight excluding hydrogens is 498 g/mol. The number of rotatable bonds is 4. The molecular formula is C32H37N7O. The van der Waals surface area contributed by atoms with Crippen LogP contribution in [0.1, 0.15) is 80.7 Å². The summed E-state index contributed by atoms with van der Waals surface area (Å²) in [4.78, 5) is 18.3. The number of anilines is 1. The number of benzene rings is 1. The van der Waals surface area contributed by atoms with Gasteiger partial charge in [-0.1, -0.05) is 18.6 Å². The maximum atomic E-state index is 10.4. The topological polar surface area (TPSA) is 94.1 Å². The summed E-state index contributed by atoms with van der Waals surface area (Å²) in [6.45, 7) is 5.49. The van der Waals surface area contributed by atoms with Gasteiger partial charge in [-0.05, 0) is 93.6 Å². The Kier molecular flexibility index (Phi) is 5.63. The Balaban J connectivity index is 0.980. The summed E-state index contributed by atoms with van der Waals surface area (Å²) >= 11 is 0. The molecule has 8 nitrogen and oxygen atoms in total. The zero-order chi connectivity index (χ0) is 26.8. The fourth-order valence-corrected chi connectivity index (χ4v) is 7.98. The average molecular weight is 536 g/mol. The van der Waals surface area contributed by atoms with E-state index >= 15 is 0 Å². The molecule has 4 aliphatic rings. The lowest BCUT2D eigenvalue weighted by atomic mass is 9.53. The van der Waals surface area contributed by atoms with Crippen LogP contribution in [0.3, 0.4) is 0 Å². The van der Waals surface area contributed by atoms with E-state index in [0.29, 0.717) is 17.2 Å². The van der Waals surface area contributed by atoms with Crippen molar-refractivity contribution in [2.75, 3.05) is 24.5 Å². The first-order chi connectivity index (χ1) is 19.6. The van der Waals surface area contributed by atoms with Gasteiger partial charge in [-0.15, -0.1) is 10.2 Å². The molecule has 0 bridgehead atoms. The lowest BCUT2D eigenvalue weighted by Crippen LogP contribution is -2.55. The number of aromatic hydroxyl groups is 1. The Morgan fingerprint density at radius 2 is 1.77 bits per heavy atom. The van der Waals surface area contributed by atoms with Gasteiger partial charge in [-0.3, -0.25) is 0 Å². The van der Waals surface area contributed by atoms with Gasteiger partial charge in [0, 0.05) is 53.6 Å². The van der Waals surface area contributed by atoms with E-state index in [9.17, 15) is 5.11 Å². The number of H-pyrrole nitrogens is 1. The van der Waals surface area contributed by atoms with Gasteiger partial charge in [0.1, 0.15) is 5.75 Å². The number of piperidine rings is 1. The maximum Gasteiger partial charge on any atom is 0.225 e. The highest BCUT2D eigenvalue weighted by molar-refractivity contribution is 5.86. The SMILES string of the molecule is C[C@H]1c2c([nH]c3nnc(-c4ccccc4O)cc23)CCN1c1ncc(C2CCN(C3CC4(CCC4)C3)CC2)cn1. The van der Waals surface area contributed by atoms with Crippen molar-refractivity contribution in [3.8, 4) is 17.0 Å². The summed E-state index contributed by atoms with van der Waals surface area (Å²) in [5.41, 5.74) is 6.59. The second-order valence-electron chi connectivity index (χ2n) is 12.7. The number of phenolic OH excluding ortho intramolecular Hbond substituents is 1. The van der Waals surface area contributed by atoms with E-state index in [-0.39, 0.29) is 11.8 Å². The van der Waals surface area contributed by atoms with Gasteiger partial charge < -0.3 is 19.9 Å². The van der Waals surface area contributed by atoms with Crippen LogP contribution in [-0.2, 0) is 6.42 Å². The number of hydrogen-bond donors (Lipinski definition) is 2. The predicted octanol–water partition coefficient (Wildman–Crippen LogP) is 5.76. The smallest absolute Gasteiger partial charge is 0.225 e. The normalized spacial score (nSPS) is 23.2. The molecule has 1 aromatic carbocycles. The van der Waals surface area contributed by atoms with Gasteiger partial charge >= 0.3 is 0 Å². The van der Waals surface area contributed by atoms with Crippen molar-refractivity contribution in [2.45, 2.75) is 76.3 Å². The molecule has 5 heterocycles. The molecule has 3 fully saturated rings. The minimum absolute atomic E-state index is 0.0921. The number of nitrogens with one attached hydrogen (secondary N) is 1. The lowest BCUT2D eigenvalue weighted by molar-refractivity contribution is -0.0611. The third-order valence-corrected chi connectivity index (χ3v) is 10.5. The molecule has 4 aromatic rings. The van der Waals surface area contributed by atoms with Gasteiger partial charge in [-0.2, -0.15) is 0 Å². The van der Waals surface area contributed by atoms with E-state index in [1.54, 1.807) is 6.07 Å². The first kappa shape index (κ1) is 24.3. The summed E-state index contributed by atoms with van der Waals surface area (Å²) in [6.07, 6.45) is 14.8. The minimum Gasteiger partial charge on any atom is -0.507 e. The third kappa shape index (κ3) is 3.91. The van der Waals surface area contributed by atoms with E-state index in [2.05, 4.69) is 44.3 Å². The van der Waals surface area contributed by atoms with E-state index in [1.807, 2.05) is 24.3 Å². The number of hydrogen-bond acceptors (Lipinski definition) is 7. The Morgan fingerprint density at radius 3 is 2.50 bits per heavy atom. The molecule has 0 amide bonds. The summed E-state index contributed by atoms with van der Waals surface area (Å²) in [5, 5.41) is 20.3. The first-order valence-corrected chi connectivity index (χ1v) is 15.1. The molecule has 1 saturated heterocycles. The number of aromatic amines is 1. The Labute approximate surface area is 234 Å². The number of fused-ring (bicyclic) bond motifs is 3. The van der Waals surface area contributed by atoms with Crippen molar-refractivity contribution in [3.05, 3.63) is 59.5 Å². The standard InChI is InChI=1S/C32H37N7O/c1-20-29-25-15-27(24-5-2-3-6-28(24)40)36-37-30(25)35-26(29)9-14-39(20)31-33-18-22(19-34-31)21-7-12-38(13-8-21)23-16-32(17-23)10-4-11-32/h2-3,5-6,15,18-21,23,40H,4,7-14,16-17H2,1H3,(H,35,37)/t20-/m0/s1. The largest absolute Gasteiger partial charge is 0.507 e. The lowest BCUT2D eigenvalue weighted by Gasteiger charge is -2.58. The number of nitrogens with zero attached hydrogens (tertiary/aromatic N) is 6. The minimum atomic E-state index is 0.0921. The van der Waals surface area contributed by atoms with Crippen molar-refractivity contribution in [1.29, 1.82) is 0 Å². The molecule has 2 saturated carbocycles. The van der Waals surface area contributed by atoms with Gasteiger partial charge in [0.25, 0.3) is 0 Å². The predicted molar refractivity (Wildman–Crippen MR) is 155 cm³/mol. The monoisotopic (exact) mass is 535 g/mol. The van der Waals surface area contributed by atoms with Crippen LogP contribution >= 0.6 is 0 Å². The van der Waals surface area contributed by atoms with Gasteiger partial charge in [0.05, 0.1) is 11.7 Å². The highest BCUT2D eigenvalue weighted by atomic mass is 16.3. The highest BCUT2D eigenvalue weighted by Crippen LogP contribution is 2.57. The van der Waals surface area contributed by atoms with E-state index in [0.717, 1.165) is 41.4 Å². The highest BCUT2D eigenvalue weighted by Gasteiger charge is 2.50. The Morgan fingerprint density at radius 1 is 1.00 bits per heavy atom. The molecule has 0 unspecified atom stereocenters. The van der Waals surface area contributed by atoms with Crippen LogP contribution in [0.4, 0.5) is 5.95 Å². The van der Waals surface area contributed by atoms with Crippen molar-refractivity contribution in [2.24, 2.45) is 5.41 Å². The maximum absolute atomic E-state index is 10.4. The molecule has 1 atom stereocenters. The van der Waals surface area contributed by atoms with E-state index in [1.165, 1.54) is 74.9 Å². The van der Waals surface area contributed by atoms with Crippen LogP contribution in [0.2, 0.25) is 0 Å². The average Bonchev–Trinajstić information content (AvgIpc) is 3.31. The number of phenols is 1. The van der Waals surface area contributed by atoms with E-state index < -0.39 is 0 Å². The zero-order valence-electron chi connectivity index (χ0n) is 23.2. The molecule has 0 radical (unpaired) electrons. The van der Waals surface area contributed by atoms with Gasteiger partial charge in [-0.25, -0.2) is 9.97 Å². The number of para-hydroxylation sites is 1. The van der Waals surface area contributed by atoms with Gasteiger partial charge in [0.15, 0.2) is 5.65 Å². The second-order valence-corrected chi connectivity index (χ2v) is 12.7. The Bertz CT molecular complexity index is 1540. The molecule has 2 N–H and O–H groups in total. The third-order valence-electron chi connectivity index (χ3n) is 10.5. The van der Waals surface area contributed by atoms with Crippen LogP contribution in [0.25, 0.3) is 22.3 Å². The van der Waals surface area contributed by atoms with Gasteiger partial charge in [0.2, 0.25) is 5.95 Å². The van der Waals surface area contributed by atoms with Crippen LogP contribution in [-0.4, -0.2) is 60.8 Å². The Hall–Kier alpha value is -3.52. The van der Waals surface area contributed by atoms with Crippen LogP contribution in [0, 0.1) is 5.41 Å². The number of likely N-dealkylation sites (tertiary alicyclic amines) is 1. The summed E-state index contributed by atoms with van der Waals surface area (Å²) in [6, 6.07) is 10.2. The zero-order valence-corrected chi connectivity index (χ0v) is 23.2. The van der Waals surface area contributed by atoms with Crippen LogP contribution in [0.15, 0.2) is 42.7 Å². The van der Waals surface area contributed by atoms with Crippen molar-refractivity contribution >= 4 is 17.0 Å². The molecule has 3 aromatic heterocycles. The quantitative estimate of drug-likeness (QED) is 0.343. The fraction of sp³-hybridized carbons (Fsp3) is 0.500. The van der Waals surface area contributed by atoms with Crippen molar-refractivity contribution < 1.29 is 5.11 Å². The number of aromatic nitrogens is 5. The molecule has 2 aliphatic heterocycles. The van der Waals surface area contributed by atoms with Crippen molar-refractivity contribution in [3.63, 3.8) is 0 Å². The molecule has 8 heteroatoms. The molecule has 1 spiro atoms. The molecule has 206 valence electrons. The summed E-state index contributed by atoms with van der Waals surface area (Å²) in [5.74, 6) is 1.56. The molecule has 40 heavy (non-hydrogen) atoms. The first-order valence-electron chi connectivity index (χ1n) is 15.1. The fourth-order valence-electron chi connectivity index (χ4n) is 7.98. The second kappa shape index (κ2) is 9.26. The summed E-state index contributed by atoms with van der Waals surface area (Å²) in [7, 11) is 0. The molecule has 8 rings (SSSR count). The van der Waals surface area contributed by atoms with Crippen LogP contribution < -0.4 is 4.90 Å².